The fraction of sp³-hybridized carbons (Fsp3) is 0.280. The number of ether oxygens (including phenoxy) is 3. The van der Waals surface area contributed by atoms with Gasteiger partial charge in [0, 0.05) is 19.6 Å². The Morgan fingerprint density at radius 3 is 2.70 bits per heavy atom. The number of hydrazone groups is 1. The molecule has 5 rings (SSSR count). The van der Waals surface area contributed by atoms with Crippen LogP contribution in [0.15, 0.2) is 52.2 Å². The monoisotopic (exact) mass is 551 g/mol. The molecule has 208 valence electrons. The van der Waals surface area contributed by atoms with E-state index >= 15 is 0 Å². The third-order valence-electron chi connectivity index (χ3n) is 6.00. The number of methoxy groups -OCH3 is 1. The number of hydrogen-bond donors (Lipinski definition) is 2. The van der Waals surface area contributed by atoms with Crippen molar-refractivity contribution in [3.63, 3.8) is 0 Å². The molecule has 1 aliphatic rings. The maximum Gasteiger partial charge on any atom is 0.292 e. The topological polar surface area (TPSA) is 168 Å². The Hall–Kier alpha value is -4.89. The van der Waals surface area contributed by atoms with Gasteiger partial charge >= 0.3 is 0 Å². The van der Waals surface area contributed by atoms with Gasteiger partial charge in [-0.25, -0.2) is 14.4 Å². The minimum Gasteiger partial charge on any atom is -0.493 e. The molecule has 14 nitrogen and oxygen atoms in total. The number of nitrogen functional groups attached to an aromatic ring is 1. The number of carbonyl (C=O) groups is 1. The summed E-state index contributed by atoms with van der Waals surface area (Å²) in [5.74, 6) is 0.0459. The van der Waals surface area contributed by atoms with E-state index in [1.165, 1.54) is 30.1 Å². The van der Waals surface area contributed by atoms with Gasteiger partial charge in [-0.2, -0.15) is 9.78 Å². The Morgan fingerprint density at radius 1 is 1.18 bits per heavy atom. The van der Waals surface area contributed by atoms with Crippen LogP contribution in [0.4, 0.5) is 10.2 Å². The van der Waals surface area contributed by atoms with Crippen LogP contribution >= 0.6 is 0 Å². The van der Waals surface area contributed by atoms with Crippen molar-refractivity contribution in [1.29, 1.82) is 0 Å². The molecule has 40 heavy (non-hydrogen) atoms. The highest BCUT2D eigenvalue weighted by atomic mass is 19.1. The maximum absolute atomic E-state index is 13.2. The Balaban J connectivity index is 1.29. The molecule has 1 aliphatic heterocycles. The fourth-order valence-corrected chi connectivity index (χ4v) is 3.95. The number of halogens is 1. The van der Waals surface area contributed by atoms with Crippen LogP contribution in [0.25, 0.3) is 5.82 Å². The molecule has 1 saturated heterocycles. The average Bonchev–Trinajstić information content (AvgIpc) is 3.59. The van der Waals surface area contributed by atoms with Gasteiger partial charge in [-0.05, 0) is 51.8 Å². The average molecular weight is 552 g/mol. The van der Waals surface area contributed by atoms with Crippen LogP contribution in [0, 0.1) is 5.82 Å². The van der Waals surface area contributed by atoms with E-state index in [-0.39, 0.29) is 29.8 Å². The molecule has 0 atom stereocenters. The molecular formula is C25H26FN9O5. The molecule has 2 aromatic heterocycles. The predicted molar refractivity (Wildman–Crippen MR) is 139 cm³/mol. The van der Waals surface area contributed by atoms with Crippen molar-refractivity contribution in [3.05, 3.63) is 70.8 Å². The number of rotatable bonds is 10. The molecule has 1 amide bonds. The zero-order chi connectivity index (χ0) is 27.9. The summed E-state index contributed by atoms with van der Waals surface area (Å²) in [5.41, 5.74) is 10.3. The quantitative estimate of drug-likeness (QED) is 0.217. The Bertz CT molecular complexity index is 1480. The fourth-order valence-electron chi connectivity index (χ4n) is 3.95. The molecular weight excluding hydrogens is 525 g/mol. The molecule has 1 fully saturated rings. The third kappa shape index (κ3) is 6.22. The van der Waals surface area contributed by atoms with Gasteiger partial charge in [0.15, 0.2) is 17.2 Å². The standard InChI is InChI=1S/C25H26FN9O5/c1-37-21-12-17(4-7-20(21)39-15-16-2-5-18(26)6-3-16)13-28-30-25(36)22-19(14-34-8-10-38-11-9-34)29-33-35(22)24-23(27)31-40-32-24/h2-7,12-13H,8-11,14-15H2,1H3,(H2,27,31)(H,30,36)/b28-13+. The van der Waals surface area contributed by atoms with Crippen LogP contribution in [-0.4, -0.2) is 75.7 Å². The summed E-state index contributed by atoms with van der Waals surface area (Å²) in [4.78, 5) is 15.3. The van der Waals surface area contributed by atoms with E-state index < -0.39 is 5.91 Å². The second kappa shape index (κ2) is 12.3. The van der Waals surface area contributed by atoms with Crippen LogP contribution in [0.5, 0.6) is 11.5 Å². The molecule has 0 aliphatic carbocycles. The molecule has 2 aromatic carbocycles. The number of morpholine rings is 1. The molecule has 0 unspecified atom stereocenters. The van der Waals surface area contributed by atoms with Gasteiger partial charge < -0.3 is 19.9 Å². The maximum atomic E-state index is 13.2. The van der Waals surface area contributed by atoms with Crippen molar-refractivity contribution in [2.24, 2.45) is 5.10 Å². The van der Waals surface area contributed by atoms with Gasteiger partial charge in [-0.15, -0.1) is 5.10 Å². The third-order valence-corrected chi connectivity index (χ3v) is 6.00. The number of benzene rings is 2. The largest absolute Gasteiger partial charge is 0.493 e. The van der Waals surface area contributed by atoms with Crippen LogP contribution < -0.4 is 20.6 Å². The lowest BCUT2D eigenvalue weighted by molar-refractivity contribution is 0.0335. The predicted octanol–water partition coefficient (Wildman–Crippen LogP) is 1.56. The zero-order valence-electron chi connectivity index (χ0n) is 21.5. The van der Waals surface area contributed by atoms with E-state index in [0.717, 1.165) is 5.56 Å². The summed E-state index contributed by atoms with van der Waals surface area (Å²) in [6.07, 6.45) is 1.45. The van der Waals surface area contributed by atoms with Crippen LogP contribution in [-0.2, 0) is 17.9 Å². The highest BCUT2D eigenvalue weighted by molar-refractivity contribution is 5.95. The lowest BCUT2D eigenvalue weighted by atomic mass is 10.2. The van der Waals surface area contributed by atoms with Crippen molar-refractivity contribution in [3.8, 4) is 17.3 Å². The minimum atomic E-state index is -0.585. The van der Waals surface area contributed by atoms with E-state index in [1.807, 2.05) is 0 Å². The van der Waals surface area contributed by atoms with Crippen LogP contribution in [0.3, 0.4) is 0 Å². The van der Waals surface area contributed by atoms with Gasteiger partial charge in [-0.1, -0.05) is 17.3 Å². The molecule has 0 spiro atoms. The molecule has 0 radical (unpaired) electrons. The van der Waals surface area contributed by atoms with E-state index in [4.69, 9.17) is 19.9 Å². The molecule has 0 saturated carbocycles. The van der Waals surface area contributed by atoms with Crippen molar-refractivity contribution < 1.29 is 28.0 Å². The van der Waals surface area contributed by atoms with Gasteiger partial charge in [0.05, 0.1) is 26.5 Å². The number of hydrogen-bond acceptors (Lipinski definition) is 12. The molecule has 15 heteroatoms. The Morgan fingerprint density at radius 2 is 1.98 bits per heavy atom. The lowest BCUT2D eigenvalue weighted by Gasteiger charge is -2.25. The number of nitrogens with two attached hydrogens (primary N) is 1. The smallest absolute Gasteiger partial charge is 0.292 e. The number of anilines is 1. The van der Waals surface area contributed by atoms with Gasteiger partial charge in [-0.3, -0.25) is 9.69 Å². The Labute approximate surface area is 227 Å². The number of carbonyl (C=O) groups excluding carboxylic acids is 1. The summed E-state index contributed by atoms with van der Waals surface area (Å²) in [7, 11) is 1.51. The van der Waals surface area contributed by atoms with Crippen molar-refractivity contribution in [2.45, 2.75) is 13.2 Å². The van der Waals surface area contributed by atoms with Gasteiger partial charge in [0.2, 0.25) is 11.6 Å². The minimum absolute atomic E-state index is 0.0378. The Kier molecular flexibility index (Phi) is 8.22. The van der Waals surface area contributed by atoms with Crippen LogP contribution in [0.1, 0.15) is 27.3 Å². The highest BCUT2D eigenvalue weighted by Crippen LogP contribution is 2.28. The lowest BCUT2D eigenvalue weighted by Crippen LogP contribution is -2.36. The highest BCUT2D eigenvalue weighted by Gasteiger charge is 2.26. The summed E-state index contributed by atoms with van der Waals surface area (Å²) >= 11 is 0. The number of nitrogens with one attached hydrogen (secondary N) is 1. The summed E-state index contributed by atoms with van der Waals surface area (Å²) < 4.78 is 35.6. The van der Waals surface area contributed by atoms with E-state index in [1.54, 1.807) is 30.3 Å². The molecule has 3 heterocycles. The SMILES string of the molecule is COc1cc(/C=N/NC(=O)c2c(CN3CCOCC3)nnn2-c2nonc2N)ccc1OCc1ccc(F)cc1. The van der Waals surface area contributed by atoms with E-state index in [0.29, 0.717) is 55.6 Å². The second-order valence-electron chi connectivity index (χ2n) is 8.68. The van der Waals surface area contributed by atoms with Gasteiger partial charge in [0.1, 0.15) is 18.1 Å². The summed E-state index contributed by atoms with van der Waals surface area (Å²) in [6.45, 7) is 3.13. The molecule has 4 aromatic rings. The van der Waals surface area contributed by atoms with E-state index in [2.05, 4.69) is 40.7 Å². The number of nitrogens with zero attached hydrogens (tertiary/aromatic N) is 7. The molecule has 3 N–H and O–H groups in total. The molecule has 0 bridgehead atoms. The zero-order valence-corrected chi connectivity index (χ0v) is 21.5. The van der Waals surface area contributed by atoms with Crippen molar-refractivity contribution >= 4 is 17.9 Å². The number of amides is 1. The van der Waals surface area contributed by atoms with Crippen molar-refractivity contribution in [2.75, 3.05) is 39.1 Å². The summed E-state index contributed by atoms with van der Waals surface area (Å²) in [6, 6.07) is 11.2. The second-order valence-corrected chi connectivity index (χ2v) is 8.68. The van der Waals surface area contributed by atoms with Crippen molar-refractivity contribution in [1.82, 2.24) is 35.6 Å². The normalized spacial score (nSPS) is 13.9. The van der Waals surface area contributed by atoms with Gasteiger partial charge in [0.25, 0.3) is 5.91 Å². The first-order valence-electron chi connectivity index (χ1n) is 12.2. The van der Waals surface area contributed by atoms with Crippen LogP contribution in [0.2, 0.25) is 0 Å². The van der Waals surface area contributed by atoms with E-state index in [9.17, 15) is 9.18 Å². The first kappa shape index (κ1) is 26.7. The number of aromatic nitrogens is 5. The first-order chi connectivity index (χ1) is 19.5. The first-order valence-corrected chi connectivity index (χ1v) is 12.2. The summed E-state index contributed by atoms with van der Waals surface area (Å²) in [5, 5.41) is 19.6.